The molecule has 2 rings (SSSR count). The van der Waals surface area contributed by atoms with Gasteiger partial charge in [-0.05, 0) is 18.8 Å². The van der Waals surface area contributed by atoms with Gasteiger partial charge in [0.15, 0.2) is 5.78 Å². The number of hydrogen-bond acceptors (Lipinski definition) is 2. The Balaban J connectivity index is 2.07. The highest BCUT2D eigenvalue weighted by molar-refractivity contribution is 5.91. The molecule has 2 aliphatic rings. The summed E-state index contributed by atoms with van der Waals surface area (Å²) in [5.41, 5.74) is -0.0920. The monoisotopic (exact) mass is 152 g/mol. The maximum Gasteiger partial charge on any atom is 0.162 e. The van der Waals surface area contributed by atoms with Crippen LogP contribution in [0.15, 0.2) is 12.3 Å². The van der Waals surface area contributed by atoms with E-state index in [2.05, 4.69) is 6.92 Å². The predicted molar refractivity (Wildman–Crippen MR) is 41.0 cm³/mol. The van der Waals surface area contributed by atoms with Gasteiger partial charge in [0.2, 0.25) is 0 Å². The molecule has 1 aliphatic heterocycles. The van der Waals surface area contributed by atoms with Crippen molar-refractivity contribution < 1.29 is 9.53 Å². The normalized spacial score (nSPS) is 41.9. The van der Waals surface area contributed by atoms with E-state index in [-0.39, 0.29) is 11.4 Å². The first-order valence-electron chi connectivity index (χ1n) is 4.07. The molecule has 1 saturated carbocycles. The highest BCUT2D eigenvalue weighted by Crippen LogP contribution is 2.44. The van der Waals surface area contributed by atoms with Crippen LogP contribution in [0.2, 0.25) is 0 Å². The van der Waals surface area contributed by atoms with Crippen molar-refractivity contribution in [2.45, 2.75) is 31.8 Å². The summed E-state index contributed by atoms with van der Waals surface area (Å²) >= 11 is 0. The molecule has 60 valence electrons. The molecule has 0 radical (unpaired) electrons. The van der Waals surface area contributed by atoms with Gasteiger partial charge in [0, 0.05) is 6.08 Å². The average molecular weight is 152 g/mol. The van der Waals surface area contributed by atoms with Crippen molar-refractivity contribution in [2.75, 3.05) is 0 Å². The number of rotatable bonds is 0. The summed E-state index contributed by atoms with van der Waals surface area (Å²) in [5, 5.41) is 0. The summed E-state index contributed by atoms with van der Waals surface area (Å²) in [7, 11) is 0. The smallest absolute Gasteiger partial charge is 0.162 e. The van der Waals surface area contributed by atoms with Crippen LogP contribution in [0.3, 0.4) is 0 Å². The molecule has 1 fully saturated rings. The fraction of sp³-hybridized carbons (Fsp3) is 0.667. The van der Waals surface area contributed by atoms with Crippen LogP contribution in [0.25, 0.3) is 0 Å². The SMILES string of the molecule is CC1CC2(CC(=O)C=CO2)C1. The van der Waals surface area contributed by atoms with Crippen molar-refractivity contribution in [2.24, 2.45) is 5.92 Å². The molecule has 2 nitrogen and oxygen atoms in total. The number of carbonyl (C=O) groups excluding carboxylic acids is 1. The third-order valence-corrected chi connectivity index (χ3v) is 2.51. The van der Waals surface area contributed by atoms with Crippen LogP contribution < -0.4 is 0 Å². The van der Waals surface area contributed by atoms with E-state index in [0.29, 0.717) is 6.42 Å². The van der Waals surface area contributed by atoms with E-state index in [1.54, 1.807) is 6.26 Å². The van der Waals surface area contributed by atoms with E-state index < -0.39 is 0 Å². The lowest BCUT2D eigenvalue weighted by Crippen LogP contribution is -2.47. The molecule has 1 aliphatic carbocycles. The Morgan fingerprint density at radius 1 is 1.64 bits per heavy atom. The van der Waals surface area contributed by atoms with Crippen LogP contribution in [-0.2, 0) is 9.53 Å². The second-order valence-corrected chi connectivity index (χ2v) is 3.76. The molecule has 0 saturated heterocycles. The Bertz CT molecular complexity index is 212. The minimum atomic E-state index is -0.0920. The molecule has 2 heteroatoms. The van der Waals surface area contributed by atoms with E-state index in [4.69, 9.17) is 4.74 Å². The molecule has 0 aromatic heterocycles. The first-order valence-corrected chi connectivity index (χ1v) is 4.07. The lowest BCUT2D eigenvalue weighted by atomic mass is 9.69. The molecule has 1 spiro atoms. The maximum atomic E-state index is 11.0. The molecule has 0 N–H and O–H groups in total. The van der Waals surface area contributed by atoms with E-state index in [9.17, 15) is 4.79 Å². The zero-order valence-corrected chi connectivity index (χ0v) is 6.67. The number of ketones is 1. The number of hydrogen-bond donors (Lipinski definition) is 0. The van der Waals surface area contributed by atoms with Crippen LogP contribution in [0.1, 0.15) is 26.2 Å². The summed E-state index contributed by atoms with van der Waals surface area (Å²) in [4.78, 5) is 11.0. The Labute approximate surface area is 66.2 Å². The van der Waals surface area contributed by atoms with Crippen LogP contribution >= 0.6 is 0 Å². The van der Waals surface area contributed by atoms with Crippen LogP contribution in [-0.4, -0.2) is 11.4 Å². The summed E-state index contributed by atoms with van der Waals surface area (Å²) in [6.45, 7) is 2.19. The highest BCUT2D eigenvalue weighted by Gasteiger charge is 2.45. The number of allylic oxidation sites excluding steroid dienone is 1. The predicted octanol–water partition coefficient (Wildman–Crippen LogP) is 1.66. The Hall–Kier alpha value is -0.790. The van der Waals surface area contributed by atoms with Gasteiger partial charge in [0.05, 0.1) is 12.7 Å². The lowest BCUT2D eigenvalue weighted by molar-refractivity contribution is -0.133. The van der Waals surface area contributed by atoms with Gasteiger partial charge in [0.1, 0.15) is 5.60 Å². The summed E-state index contributed by atoms with van der Waals surface area (Å²) in [6, 6.07) is 0. The van der Waals surface area contributed by atoms with Crippen LogP contribution in [0, 0.1) is 5.92 Å². The second-order valence-electron chi connectivity index (χ2n) is 3.76. The summed E-state index contributed by atoms with van der Waals surface area (Å²) in [6.07, 6.45) is 5.76. The van der Waals surface area contributed by atoms with Gasteiger partial charge in [-0.25, -0.2) is 0 Å². The van der Waals surface area contributed by atoms with Gasteiger partial charge in [-0.3, -0.25) is 4.79 Å². The van der Waals surface area contributed by atoms with Crippen LogP contribution in [0.4, 0.5) is 0 Å². The van der Waals surface area contributed by atoms with Gasteiger partial charge >= 0.3 is 0 Å². The molecule has 0 aromatic rings. The zero-order chi connectivity index (χ0) is 7.90. The van der Waals surface area contributed by atoms with Crippen molar-refractivity contribution in [3.63, 3.8) is 0 Å². The van der Waals surface area contributed by atoms with Gasteiger partial charge in [0.25, 0.3) is 0 Å². The van der Waals surface area contributed by atoms with E-state index >= 15 is 0 Å². The van der Waals surface area contributed by atoms with Gasteiger partial charge in [-0.15, -0.1) is 0 Å². The lowest BCUT2D eigenvalue weighted by Gasteiger charge is -2.46. The Morgan fingerprint density at radius 2 is 2.36 bits per heavy atom. The topological polar surface area (TPSA) is 26.3 Å². The molecule has 0 amide bonds. The van der Waals surface area contributed by atoms with Crippen molar-refractivity contribution in [1.82, 2.24) is 0 Å². The molecular formula is C9H12O2. The molecule has 0 unspecified atom stereocenters. The summed E-state index contributed by atoms with van der Waals surface area (Å²) < 4.78 is 5.44. The van der Waals surface area contributed by atoms with Crippen LogP contribution in [0.5, 0.6) is 0 Å². The Morgan fingerprint density at radius 3 is 2.91 bits per heavy atom. The van der Waals surface area contributed by atoms with Gasteiger partial charge in [-0.1, -0.05) is 6.92 Å². The third-order valence-electron chi connectivity index (χ3n) is 2.51. The molecule has 1 heterocycles. The quantitative estimate of drug-likeness (QED) is 0.527. The number of carbonyl (C=O) groups is 1. The van der Waals surface area contributed by atoms with Crippen molar-refractivity contribution in [3.05, 3.63) is 12.3 Å². The molecule has 0 bridgehead atoms. The Kier molecular flexibility index (Phi) is 1.31. The van der Waals surface area contributed by atoms with E-state index in [1.807, 2.05) is 0 Å². The highest BCUT2D eigenvalue weighted by atomic mass is 16.5. The zero-order valence-electron chi connectivity index (χ0n) is 6.67. The average Bonchev–Trinajstić information content (AvgIpc) is 1.84. The molecule has 0 aromatic carbocycles. The largest absolute Gasteiger partial charge is 0.494 e. The van der Waals surface area contributed by atoms with Crippen molar-refractivity contribution >= 4 is 5.78 Å². The van der Waals surface area contributed by atoms with Crippen molar-refractivity contribution in [3.8, 4) is 0 Å². The third kappa shape index (κ3) is 1.06. The van der Waals surface area contributed by atoms with Gasteiger partial charge < -0.3 is 4.74 Å². The molecule has 11 heavy (non-hydrogen) atoms. The minimum absolute atomic E-state index is 0.0920. The summed E-state index contributed by atoms with van der Waals surface area (Å²) in [5.74, 6) is 0.942. The first-order chi connectivity index (χ1) is 5.20. The van der Waals surface area contributed by atoms with E-state index in [0.717, 1.165) is 18.8 Å². The fourth-order valence-electron chi connectivity index (χ4n) is 2.12. The standard InChI is InChI=1S/C9H12O2/c1-7-4-9(5-7)6-8(10)2-3-11-9/h2-3,7H,4-6H2,1H3. The van der Waals surface area contributed by atoms with Crippen molar-refractivity contribution in [1.29, 1.82) is 0 Å². The molecule has 0 atom stereocenters. The molecular weight excluding hydrogens is 140 g/mol. The number of ether oxygens (including phenoxy) is 1. The van der Waals surface area contributed by atoms with E-state index in [1.165, 1.54) is 6.08 Å². The fourth-order valence-corrected chi connectivity index (χ4v) is 2.12. The maximum absolute atomic E-state index is 11.0. The second kappa shape index (κ2) is 2.10. The first kappa shape index (κ1) is 6.89. The minimum Gasteiger partial charge on any atom is -0.494 e. The van der Waals surface area contributed by atoms with Gasteiger partial charge in [-0.2, -0.15) is 0 Å².